The van der Waals surface area contributed by atoms with Gasteiger partial charge in [-0.15, -0.1) is 0 Å². The molecule has 9 nitrogen and oxygen atoms in total. The highest BCUT2D eigenvalue weighted by atomic mass is 16.6. The molecule has 0 aromatic carbocycles. The van der Waals surface area contributed by atoms with Crippen LogP contribution in [0.5, 0.6) is 0 Å². The van der Waals surface area contributed by atoms with Gasteiger partial charge in [0.15, 0.2) is 0 Å². The third-order valence-electron chi connectivity index (χ3n) is 2.02. The van der Waals surface area contributed by atoms with Crippen LogP contribution >= 0.6 is 0 Å². The van der Waals surface area contributed by atoms with Crippen LogP contribution in [0.1, 0.15) is 0 Å². The molecule has 0 atom stereocenters. The summed E-state index contributed by atoms with van der Waals surface area (Å²) in [6.07, 6.45) is 1.15. The summed E-state index contributed by atoms with van der Waals surface area (Å²) in [6, 6.07) is -0.715. The van der Waals surface area contributed by atoms with Gasteiger partial charge in [0.25, 0.3) is 0 Å². The zero-order valence-corrected chi connectivity index (χ0v) is 9.12. The lowest BCUT2D eigenvalue weighted by molar-refractivity contribution is -0.383. The summed E-state index contributed by atoms with van der Waals surface area (Å²) in [4.78, 5) is 17.7. The molecular formula is C8H13N5O4. The standard InChI is InChI=1S/C8H13N5O4/c1-9-7-6(13(16)17)8(11-4-10-7)12-5(2-14)3-15/h4-5,14-15H,2-3H2,1H3,(H2,9,10,11,12). The van der Waals surface area contributed by atoms with E-state index in [0.717, 1.165) is 6.33 Å². The molecule has 9 heteroatoms. The van der Waals surface area contributed by atoms with Gasteiger partial charge < -0.3 is 20.8 Å². The van der Waals surface area contributed by atoms with Crippen LogP contribution in [0.25, 0.3) is 0 Å². The maximum absolute atomic E-state index is 10.9. The lowest BCUT2D eigenvalue weighted by Crippen LogP contribution is -2.28. The van der Waals surface area contributed by atoms with Crippen LogP contribution in [0.4, 0.5) is 17.3 Å². The normalized spacial score (nSPS) is 10.4. The minimum atomic E-state index is -0.715. The van der Waals surface area contributed by atoms with Crippen LogP contribution < -0.4 is 10.6 Å². The molecule has 0 amide bonds. The number of nitrogens with zero attached hydrogens (tertiary/aromatic N) is 3. The van der Waals surface area contributed by atoms with E-state index in [1.54, 1.807) is 0 Å². The highest BCUT2D eigenvalue weighted by Gasteiger charge is 2.23. The van der Waals surface area contributed by atoms with Crippen LogP contribution in [0.2, 0.25) is 0 Å². The zero-order valence-electron chi connectivity index (χ0n) is 9.12. The SMILES string of the molecule is CNc1ncnc(NC(CO)CO)c1[N+](=O)[O-]. The lowest BCUT2D eigenvalue weighted by Gasteiger charge is -2.14. The highest BCUT2D eigenvalue weighted by molar-refractivity contribution is 5.69. The van der Waals surface area contributed by atoms with Crippen LogP contribution in [0.3, 0.4) is 0 Å². The molecule has 0 bridgehead atoms. The van der Waals surface area contributed by atoms with Crippen molar-refractivity contribution in [3.8, 4) is 0 Å². The third kappa shape index (κ3) is 2.98. The number of nitro groups is 1. The van der Waals surface area contributed by atoms with Gasteiger partial charge in [-0.1, -0.05) is 0 Å². The minimum Gasteiger partial charge on any atom is -0.394 e. The van der Waals surface area contributed by atoms with E-state index in [4.69, 9.17) is 10.2 Å². The first-order chi connectivity index (χ1) is 8.13. The average Bonchev–Trinajstić information content (AvgIpc) is 2.34. The molecule has 94 valence electrons. The van der Waals surface area contributed by atoms with E-state index in [2.05, 4.69) is 20.6 Å². The van der Waals surface area contributed by atoms with E-state index in [1.807, 2.05) is 0 Å². The summed E-state index contributed by atoms with van der Waals surface area (Å²) >= 11 is 0. The van der Waals surface area contributed by atoms with Gasteiger partial charge in [-0.05, 0) is 0 Å². The number of aromatic nitrogens is 2. The first kappa shape index (κ1) is 13.1. The summed E-state index contributed by atoms with van der Waals surface area (Å²) < 4.78 is 0. The van der Waals surface area contributed by atoms with Gasteiger partial charge in [-0.25, -0.2) is 9.97 Å². The number of rotatable bonds is 6. The van der Waals surface area contributed by atoms with Crippen LogP contribution in [-0.4, -0.2) is 51.4 Å². The molecule has 0 saturated carbocycles. The Morgan fingerprint density at radius 1 is 1.41 bits per heavy atom. The van der Waals surface area contributed by atoms with Crippen molar-refractivity contribution < 1.29 is 15.1 Å². The zero-order chi connectivity index (χ0) is 12.8. The molecule has 1 rings (SSSR count). The molecule has 17 heavy (non-hydrogen) atoms. The molecule has 1 heterocycles. The first-order valence-electron chi connectivity index (χ1n) is 4.79. The van der Waals surface area contributed by atoms with Crippen molar-refractivity contribution in [1.29, 1.82) is 0 Å². The monoisotopic (exact) mass is 243 g/mol. The maximum Gasteiger partial charge on any atom is 0.353 e. The molecule has 0 aliphatic rings. The first-order valence-corrected chi connectivity index (χ1v) is 4.79. The van der Waals surface area contributed by atoms with Gasteiger partial charge in [-0.2, -0.15) is 0 Å². The Labute approximate surface area is 96.7 Å². The van der Waals surface area contributed by atoms with Crippen molar-refractivity contribution in [1.82, 2.24) is 9.97 Å². The number of hydrogen-bond donors (Lipinski definition) is 4. The average molecular weight is 243 g/mol. The Hall–Kier alpha value is -2.00. The maximum atomic E-state index is 10.9. The number of hydrogen-bond acceptors (Lipinski definition) is 8. The second kappa shape index (κ2) is 5.92. The molecule has 4 N–H and O–H groups in total. The van der Waals surface area contributed by atoms with E-state index < -0.39 is 11.0 Å². The second-order valence-corrected chi connectivity index (χ2v) is 3.13. The Morgan fingerprint density at radius 3 is 2.47 bits per heavy atom. The van der Waals surface area contributed by atoms with Crippen LogP contribution in [0.15, 0.2) is 6.33 Å². The summed E-state index contributed by atoms with van der Waals surface area (Å²) in [5.41, 5.74) is -0.332. The Bertz CT molecular complexity index is 396. The van der Waals surface area contributed by atoms with Gasteiger partial charge in [0.1, 0.15) is 6.33 Å². The Morgan fingerprint density at radius 2 is 2.00 bits per heavy atom. The van der Waals surface area contributed by atoms with E-state index >= 15 is 0 Å². The summed E-state index contributed by atoms with van der Waals surface area (Å²) in [7, 11) is 1.49. The van der Waals surface area contributed by atoms with E-state index in [1.165, 1.54) is 7.05 Å². The molecule has 1 aromatic heterocycles. The van der Waals surface area contributed by atoms with E-state index in [-0.39, 0.29) is 30.5 Å². The molecule has 1 aromatic rings. The van der Waals surface area contributed by atoms with Crippen LogP contribution in [0, 0.1) is 10.1 Å². The van der Waals surface area contributed by atoms with Crippen molar-refractivity contribution in [3.05, 3.63) is 16.4 Å². The van der Waals surface area contributed by atoms with Crippen molar-refractivity contribution >= 4 is 17.3 Å². The molecule has 0 aliphatic carbocycles. The fourth-order valence-corrected chi connectivity index (χ4v) is 1.18. The van der Waals surface area contributed by atoms with Gasteiger partial charge >= 0.3 is 5.69 Å². The fourth-order valence-electron chi connectivity index (χ4n) is 1.18. The second-order valence-electron chi connectivity index (χ2n) is 3.13. The topological polar surface area (TPSA) is 133 Å². The van der Waals surface area contributed by atoms with Gasteiger partial charge in [0.05, 0.1) is 24.2 Å². The third-order valence-corrected chi connectivity index (χ3v) is 2.02. The highest BCUT2D eigenvalue weighted by Crippen LogP contribution is 2.28. The predicted octanol–water partition coefficient (Wildman–Crippen LogP) is -0.808. The van der Waals surface area contributed by atoms with Crippen molar-refractivity contribution in [2.45, 2.75) is 6.04 Å². The summed E-state index contributed by atoms with van der Waals surface area (Å²) in [5, 5.41) is 33.8. The number of anilines is 2. The molecule has 0 radical (unpaired) electrons. The minimum absolute atomic E-state index is 0.0533. The molecule has 0 spiro atoms. The van der Waals surface area contributed by atoms with Gasteiger partial charge in [0.2, 0.25) is 11.6 Å². The molecule has 0 fully saturated rings. The molecule has 0 aliphatic heterocycles. The van der Waals surface area contributed by atoms with Crippen LogP contribution in [-0.2, 0) is 0 Å². The molecule has 0 saturated heterocycles. The van der Waals surface area contributed by atoms with Crippen molar-refractivity contribution in [3.63, 3.8) is 0 Å². The van der Waals surface area contributed by atoms with Gasteiger partial charge in [0, 0.05) is 7.05 Å². The van der Waals surface area contributed by atoms with E-state index in [9.17, 15) is 10.1 Å². The summed E-state index contributed by atoms with van der Waals surface area (Å²) in [5.74, 6) is 0.00424. The number of aliphatic hydroxyl groups excluding tert-OH is 2. The van der Waals surface area contributed by atoms with Crippen molar-refractivity contribution in [2.24, 2.45) is 0 Å². The smallest absolute Gasteiger partial charge is 0.353 e. The quantitative estimate of drug-likeness (QED) is 0.376. The van der Waals surface area contributed by atoms with Crippen molar-refractivity contribution in [2.75, 3.05) is 30.9 Å². The number of aliphatic hydroxyl groups is 2. The fraction of sp³-hybridized carbons (Fsp3) is 0.500. The van der Waals surface area contributed by atoms with E-state index in [0.29, 0.717) is 0 Å². The largest absolute Gasteiger partial charge is 0.394 e. The Kier molecular flexibility index (Phi) is 4.55. The Balaban J connectivity index is 3.09. The molecule has 0 unspecified atom stereocenters. The summed E-state index contributed by atoms with van der Waals surface area (Å²) in [6.45, 7) is -0.737. The predicted molar refractivity (Wildman–Crippen MR) is 59.8 cm³/mol. The molecular weight excluding hydrogens is 230 g/mol. The lowest BCUT2D eigenvalue weighted by atomic mass is 10.3. The number of nitrogens with one attached hydrogen (secondary N) is 2. The van der Waals surface area contributed by atoms with Gasteiger partial charge in [-0.3, -0.25) is 10.1 Å².